The molecule has 4 nitrogen and oxygen atoms in total. The number of hydrogen-bond donors (Lipinski definition) is 0. The molecule has 0 bridgehead atoms. The SMILES string of the molecule is CCC[n+]1ccc(CCC(=O)c2cc3cc(OC)c(OC)cc3s2)cc1. The quantitative estimate of drug-likeness (QED) is 0.435. The van der Waals surface area contributed by atoms with E-state index in [4.69, 9.17) is 9.47 Å². The molecule has 2 aromatic heterocycles. The van der Waals surface area contributed by atoms with E-state index in [2.05, 4.69) is 36.0 Å². The number of nitrogens with zero attached hydrogens (tertiary/aromatic N) is 1. The monoisotopic (exact) mass is 370 g/mol. The minimum absolute atomic E-state index is 0.175. The van der Waals surface area contributed by atoms with Crippen LogP contribution in [0.3, 0.4) is 0 Å². The van der Waals surface area contributed by atoms with Gasteiger partial charge in [0, 0.05) is 35.7 Å². The lowest BCUT2D eigenvalue weighted by Crippen LogP contribution is -2.32. The summed E-state index contributed by atoms with van der Waals surface area (Å²) in [6, 6.07) is 10.0. The molecule has 0 radical (unpaired) electrons. The third-order valence-electron chi connectivity index (χ3n) is 4.38. The summed E-state index contributed by atoms with van der Waals surface area (Å²) in [5, 5.41) is 1.01. The molecule has 3 aromatic rings. The van der Waals surface area contributed by atoms with Gasteiger partial charge in [0.05, 0.1) is 19.1 Å². The van der Waals surface area contributed by atoms with E-state index in [-0.39, 0.29) is 5.78 Å². The van der Waals surface area contributed by atoms with Gasteiger partial charge >= 0.3 is 0 Å². The Morgan fingerprint density at radius 2 is 1.77 bits per heavy atom. The number of methoxy groups -OCH3 is 2. The standard InChI is InChI=1S/C21H24NO3S/c1-4-9-22-10-7-15(8-11-22)5-6-17(23)21-13-16-12-18(24-2)19(25-3)14-20(16)26-21/h7-8,10-14H,4-6,9H2,1-3H3/q+1. The Labute approximate surface area is 158 Å². The van der Waals surface area contributed by atoms with Crippen molar-refractivity contribution in [2.45, 2.75) is 32.7 Å². The number of Topliss-reactive ketones (excluding diaryl/α,β-unsaturated/α-hetero) is 1. The Morgan fingerprint density at radius 1 is 1.08 bits per heavy atom. The number of benzene rings is 1. The van der Waals surface area contributed by atoms with Gasteiger partial charge in [-0.1, -0.05) is 6.92 Å². The van der Waals surface area contributed by atoms with Gasteiger partial charge < -0.3 is 9.47 Å². The van der Waals surface area contributed by atoms with Crippen molar-refractivity contribution in [2.75, 3.05) is 14.2 Å². The van der Waals surface area contributed by atoms with Crippen molar-refractivity contribution >= 4 is 27.2 Å². The normalized spacial score (nSPS) is 10.9. The van der Waals surface area contributed by atoms with Crippen LogP contribution in [-0.4, -0.2) is 20.0 Å². The largest absolute Gasteiger partial charge is 0.493 e. The van der Waals surface area contributed by atoms with Gasteiger partial charge in [-0.3, -0.25) is 4.79 Å². The highest BCUT2D eigenvalue weighted by Crippen LogP contribution is 2.36. The number of carbonyl (C=O) groups is 1. The number of ketones is 1. The first kappa shape index (κ1) is 18.4. The molecule has 0 aliphatic rings. The van der Waals surface area contributed by atoms with Crippen LogP contribution in [0.5, 0.6) is 11.5 Å². The molecular weight excluding hydrogens is 346 g/mol. The molecule has 0 saturated carbocycles. The third kappa shape index (κ3) is 4.05. The molecule has 0 amide bonds. The van der Waals surface area contributed by atoms with Gasteiger partial charge in [-0.25, -0.2) is 4.57 Å². The second-order valence-corrected chi connectivity index (χ2v) is 7.31. The maximum Gasteiger partial charge on any atom is 0.173 e. The van der Waals surface area contributed by atoms with E-state index in [0.29, 0.717) is 17.9 Å². The molecule has 0 aliphatic carbocycles. The van der Waals surface area contributed by atoms with Gasteiger partial charge in [0.2, 0.25) is 0 Å². The number of carbonyl (C=O) groups excluding carboxylic acids is 1. The number of aryl methyl sites for hydroxylation is 2. The first-order chi connectivity index (χ1) is 12.6. The lowest BCUT2D eigenvalue weighted by Gasteiger charge is -2.06. The van der Waals surface area contributed by atoms with Crippen LogP contribution in [0, 0.1) is 0 Å². The molecule has 5 heteroatoms. The van der Waals surface area contributed by atoms with Crippen LogP contribution in [0.4, 0.5) is 0 Å². The third-order valence-corrected chi connectivity index (χ3v) is 5.52. The van der Waals surface area contributed by atoms with Crippen molar-refractivity contribution in [3.05, 3.63) is 53.2 Å². The Bertz CT molecular complexity index is 859. The van der Waals surface area contributed by atoms with Crippen LogP contribution in [-0.2, 0) is 13.0 Å². The number of pyridine rings is 1. The lowest BCUT2D eigenvalue weighted by atomic mass is 10.1. The molecule has 3 rings (SSSR count). The zero-order chi connectivity index (χ0) is 18.5. The maximum atomic E-state index is 12.6. The van der Waals surface area contributed by atoms with E-state index < -0.39 is 0 Å². The van der Waals surface area contributed by atoms with E-state index >= 15 is 0 Å². The van der Waals surface area contributed by atoms with Crippen LogP contribution in [0.1, 0.15) is 35.0 Å². The summed E-state index contributed by atoms with van der Waals surface area (Å²) in [4.78, 5) is 13.4. The fourth-order valence-corrected chi connectivity index (χ4v) is 3.99. The van der Waals surface area contributed by atoms with Gasteiger partial charge in [-0.2, -0.15) is 0 Å². The number of rotatable bonds is 8. The van der Waals surface area contributed by atoms with Crippen LogP contribution >= 0.6 is 11.3 Å². The molecule has 0 atom stereocenters. The average Bonchev–Trinajstić information content (AvgIpc) is 3.09. The molecule has 0 saturated heterocycles. The molecule has 0 spiro atoms. The zero-order valence-electron chi connectivity index (χ0n) is 15.5. The smallest absolute Gasteiger partial charge is 0.173 e. The molecule has 0 aliphatic heterocycles. The molecule has 2 heterocycles. The molecule has 0 N–H and O–H groups in total. The molecular formula is C21H24NO3S+. The van der Waals surface area contributed by atoms with Crippen molar-refractivity contribution < 1.29 is 18.8 Å². The van der Waals surface area contributed by atoms with E-state index in [1.165, 1.54) is 16.9 Å². The summed E-state index contributed by atoms with van der Waals surface area (Å²) in [5.41, 5.74) is 1.19. The highest BCUT2D eigenvalue weighted by molar-refractivity contribution is 7.20. The molecule has 1 aromatic carbocycles. The second kappa shape index (κ2) is 8.32. The van der Waals surface area contributed by atoms with Crippen molar-refractivity contribution in [1.29, 1.82) is 0 Å². The number of ether oxygens (including phenoxy) is 2. The molecule has 0 fully saturated rings. The van der Waals surface area contributed by atoms with Crippen molar-refractivity contribution in [2.24, 2.45) is 0 Å². The maximum absolute atomic E-state index is 12.6. The number of aromatic nitrogens is 1. The number of fused-ring (bicyclic) bond motifs is 1. The van der Waals surface area contributed by atoms with Crippen LogP contribution in [0.15, 0.2) is 42.7 Å². The van der Waals surface area contributed by atoms with E-state index in [1.807, 2.05) is 18.2 Å². The summed E-state index contributed by atoms with van der Waals surface area (Å²) in [6.45, 7) is 3.18. The minimum Gasteiger partial charge on any atom is -0.493 e. The van der Waals surface area contributed by atoms with Crippen molar-refractivity contribution in [3.63, 3.8) is 0 Å². The summed E-state index contributed by atoms with van der Waals surface area (Å²) in [7, 11) is 3.24. The van der Waals surface area contributed by atoms with Crippen LogP contribution in [0.2, 0.25) is 0 Å². The predicted octanol–water partition coefficient (Wildman–Crippen LogP) is 4.43. The number of thiophene rings is 1. The van der Waals surface area contributed by atoms with Gasteiger partial charge in [0.15, 0.2) is 29.7 Å². The average molecular weight is 370 g/mol. The summed E-state index contributed by atoms with van der Waals surface area (Å²) < 4.78 is 13.9. The van der Waals surface area contributed by atoms with E-state index in [0.717, 1.165) is 34.3 Å². The number of hydrogen-bond acceptors (Lipinski definition) is 4. The van der Waals surface area contributed by atoms with Crippen LogP contribution < -0.4 is 14.0 Å². The zero-order valence-corrected chi connectivity index (χ0v) is 16.3. The highest BCUT2D eigenvalue weighted by Gasteiger charge is 2.14. The molecule has 26 heavy (non-hydrogen) atoms. The summed E-state index contributed by atoms with van der Waals surface area (Å²) >= 11 is 1.51. The highest BCUT2D eigenvalue weighted by atomic mass is 32.1. The van der Waals surface area contributed by atoms with Crippen molar-refractivity contribution in [3.8, 4) is 11.5 Å². The first-order valence-corrected chi connectivity index (χ1v) is 9.63. The van der Waals surface area contributed by atoms with E-state index in [9.17, 15) is 4.79 Å². The Morgan fingerprint density at radius 3 is 2.42 bits per heavy atom. The lowest BCUT2D eigenvalue weighted by molar-refractivity contribution is -0.697. The van der Waals surface area contributed by atoms with Gasteiger partial charge in [0.1, 0.15) is 6.54 Å². The minimum atomic E-state index is 0.175. The van der Waals surface area contributed by atoms with Gasteiger partial charge in [0.25, 0.3) is 0 Å². The Hall–Kier alpha value is -2.40. The van der Waals surface area contributed by atoms with Crippen molar-refractivity contribution in [1.82, 2.24) is 0 Å². The molecule has 0 unspecified atom stereocenters. The predicted molar refractivity (Wildman–Crippen MR) is 105 cm³/mol. The van der Waals surface area contributed by atoms with E-state index in [1.54, 1.807) is 14.2 Å². The van der Waals surface area contributed by atoms with Gasteiger partial charge in [-0.05, 0) is 29.5 Å². The molecule has 136 valence electrons. The van der Waals surface area contributed by atoms with Gasteiger partial charge in [-0.15, -0.1) is 11.3 Å². The fourth-order valence-electron chi connectivity index (χ4n) is 2.95. The topological polar surface area (TPSA) is 39.4 Å². The first-order valence-electron chi connectivity index (χ1n) is 8.81. The second-order valence-electron chi connectivity index (χ2n) is 6.22. The fraction of sp³-hybridized carbons (Fsp3) is 0.333. The summed E-state index contributed by atoms with van der Waals surface area (Å²) in [6.07, 6.45) is 6.55. The summed E-state index contributed by atoms with van der Waals surface area (Å²) in [5.74, 6) is 1.54. The Kier molecular flexibility index (Phi) is 5.89. The van der Waals surface area contributed by atoms with Crippen LogP contribution in [0.25, 0.3) is 10.1 Å². The Balaban J connectivity index is 1.71.